The second kappa shape index (κ2) is 5.77. The maximum atomic E-state index is 10.7. The minimum Gasteiger partial charge on any atom is -0.497 e. The molecular weight excluding hydrogens is 252 g/mol. The van der Waals surface area contributed by atoms with Crippen molar-refractivity contribution in [1.82, 2.24) is 10.3 Å². The fraction of sp³-hybridized carbons (Fsp3) is 0.438. The number of aliphatic hydroxyl groups is 1. The standard InChI is InChI=1S/C16H20N2O2/c1-20-11-5-6-14-13(10-11)12(7-9-18-14)16(19)15-4-2-3-8-17-15/h5-7,9-10,15-17,19H,2-4,8H2,1H3/t15-,16+/m0/s1. The van der Waals surface area contributed by atoms with E-state index in [1.807, 2.05) is 24.3 Å². The Kier molecular flexibility index (Phi) is 3.85. The predicted octanol–water partition coefficient (Wildman–Crippen LogP) is 2.42. The quantitative estimate of drug-likeness (QED) is 0.901. The number of hydrogen-bond donors (Lipinski definition) is 2. The van der Waals surface area contributed by atoms with Gasteiger partial charge in [-0.1, -0.05) is 6.42 Å². The zero-order chi connectivity index (χ0) is 13.9. The molecule has 0 unspecified atom stereocenters. The molecule has 106 valence electrons. The molecule has 0 saturated carbocycles. The fourth-order valence-corrected chi connectivity index (χ4v) is 2.90. The SMILES string of the molecule is COc1ccc2nccc([C@@H](O)[C@@H]3CCCCN3)c2c1. The molecule has 2 atom stereocenters. The van der Waals surface area contributed by atoms with Crippen molar-refractivity contribution in [2.24, 2.45) is 0 Å². The molecule has 2 N–H and O–H groups in total. The average Bonchev–Trinajstić information content (AvgIpc) is 2.54. The second-order valence-corrected chi connectivity index (χ2v) is 5.28. The number of nitrogens with zero attached hydrogens (tertiary/aromatic N) is 1. The molecule has 0 bridgehead atoms. The third kappa shape index (κ3) is 2.49. The minimum atomic E-state index is -0.507. The highest BCUT2D eigenvalue weighted by atomic mass is 16.5. The number of benzene rings is 1. The van der Waals surface area contributed by atoms with Crippen molar-refractivity contribution in [2.75, 3.05) is 13.7 Å². The normalized spacial score (nSPS) is 20.8. The number of methoxy groups -OCH3 is 1. The van der Waals surface area contributed by atoms with Crippen molar-refractivity contribution in [3.05, 3.63) is 36.0 Å². The van der Waals surface area contributed by atoms with Gasteiger partial charge < -0.3 is 15.2 Å². The van der Waals surface area contributed by atoms with Crippen LogP contribution in [0.5, 0.6) is 5.75 Å². The summed E-state index contributed by atoms with van der Waals surface area (Å²) in [4.78, 5) is 4.36. The summed E-state index contributed by atoms with van der Waals surface area (Å²) in [5.41, 5.74) is 1.81. The molecule has 1 aliphatic rings. The summed E-state index contributed by atoms with van der Waals surface area (Å²) in [6.45, 7) is 0.980. The van der Waals surface area contributed by atoms with Gasteiger partial charge in [-0.3, -0.25) is 4.98 Å². The molecule has 4 nitrogen and oxygen atoms in total. The number of piperidine rings is 1. The number of aromatic nitrogens is 1. The summed E-state index contributed by atoms with van der Waals surface area (Å²) in [6, 6.07) is 7.80. The lowest BCUT2D eigenvalue weighted by molar-refractivity contribution is 0.115. The van der Waals surface area contributed by atoms with Crippen LogP contribution in [0.1, 0.15) is 30.9 Å². The van der Waals surface area contributed by atoms with Gasteiger partial charge in [0.05, 0.1) is 18.7 Å². The van der Waals surface area contributed by atoms with E-state index < -0.39 is 6.10 Å². The maximum absolute atomic E-state index is 10.7. The number of pyridine rings is 1. The minimum absolute atomic E-state index is 0.126. The number of nitrogens with one attached hydrogen (secondary N) is 1. The summed E-state index contributed by atoms with van der Waals surface area (Å²) >= 11 is 0. The van der Waals surface area contributed by atoms with E-state index in [4.69, 9.17) is 4.74 Å². The van der Waals surface area contributed by atoms with Gasteiger partial charge in [0.1, 0.15) is 5.75 Å². The smallest absolute Gasteiger partial charge is 0.119 e. The van der Waals surface area contributed by atoms with Gasteiger partial charge >= 0.3 is 0 Å². The molecular formula is C16H20N2O2. The van der Waals surface area contributed by atoms with Crippen molar-refractivity contribution in [3.8, 4) is 5.75 Å². The number of rotatable bonds is 3. The second-order valence-electron chi connectivity index (χ2n) is 5.28. The third-order valence-electron chi connectivity index (χ3n) is 4.03. The van der Waals surface area contributed by atoms with E-state index in [1.165, 1.54) is 12.8 Å². The highest BCUT2D eigenvalue weighted by molar-refractivity contribution is 5.83. The molecule has 0 aliphatic carbocycles. The first-order valence-corrected chi connectivity index (χ1v) is 7.13. The first-order valence-electron chi connectivity index (χ1n) is 7.13. The lowest BCUT2D eigenvalue weighted by Gasteiger charge is -2.28. The fourth-order valence-electron chi connectivity index (χ4n) is 2.90. The largest absolute Gasteiger partial charge is 0.497 e. The van der Waals surface area contributed by atoms with Crippen LogP contribution in [0.25, 0.3) is 10.9 Å². The number of hydrogen-bond acceptors (Lipinski definition) is 4. The molecule has 1 saturated heterocycles. The van der Waals surface area contributed by atoms with Crippen LogP contribution < -0.4 is 10.1 Å². The number of fused-ring (bicyclic) bond motifs is 1. The van der Waals surface area contributed by atoms with Gasteiger partial charge in [-0.05, 0) is 49.2 Å². The van der Waals surface area contributed by atoms with Gasteiger partial charge in [-0.15, -0.1) is 0 Å². The Morgan fingerprint density at radius 2 is 2.25 bits per heavy atom. The summed E-state index contributed by atoms with van der Waals surface area (Å²) in [5.74, 6) is 0.788. The summed E-state index contributed by atoms with van der Waals surface area (Å²) in [6.07, 6.45) is 4.62. The first-order chi connectivity index (χ1) is 9.79. The molecule has 2 heterocycles. The number of ether oxygens (including phenoxy) is 1. The molecule has 4 heteroatoms. The van der Waals surface area contributed by atoms with E-state index in [0.717, 1.165) is 35.2 Å². The van der Waals surface area contributed by atoms with Crippen molar-refractivity contribution >= 4 is 10.9 Å². The molecule has 0 amide bonds. The third-order valence-corrected chi connectivity index (χ3v) is 4.03. The molecule has 3 rings (SSSR count). The molecule has 0 spiro atoms. The zero-order valence-electron chi connectivity index (χ0n) is 11.7. The van der Waals surface area contributed by atoms with Crippen LogP contribution in [0, 0.1) is 0 Å². The average molecular weight is 272 g/mol. The van der Waals surface area contributed by atoms with E-state index in [9.17, 15) is 5.11 Å². The Balaban J connectivity index is 2.00. The molecule has 2 aromatic rings. The molecule has 1 aromatic carbocycles. The first kappa shape index (κ1) is 13.3. The highest BCUT2D eigenvalue weighted by Gasteiger charge is 2.24. The Bertz CT molecular complexity index is 594. The van der Waals surface area contributed by atoms with Crippen LogP contribution in [0.15, 0.2) is 30.5 Å². The Morgan fingerprint density at radius 3 is 3.00 bits per heavy atom. The Labute approximate surface area is 118 Å². The van der Waals surface area contributed by atoms with E-state index in [2.05, 4.69) is 10.3 Å². The molecule has 0 radical (unpaired) electrons. The Morgan fingerprint density at radius 1 is 1.35 bits per heavy atom. The van der Waals surface area contributed by atoms with E-state index in [0.29, 0.717) is 0 Å². The number of aliphatic hydroxyl groups excluding tert-OH is 1. The summed E-state index contributed by atoms with van der Waals surface area (Å²) in [5, 5.41) is 15.0. The topological polar surface area (TPSA) is 54.4 Å². The highest BCUT2D eigenvalue weighted by Crippen LogP contribution is 2.30. The Hall–Kier alpha value is -1.65. The van der Waals surface area contributed by atoms with E-state index in [1.54, 1.807) is 13.3 Å². The molecule has 1 aliphatic heterocycles. The van der Waals surface area contributed by atoms with Crippen LogP contribution >= 0.6 is 0 Å². The van der Waals surface area contributed by atoms with Crippen molar-refractivity contribution < 1.29 is 9.84 Å². The van der Waals surface area contributed by atoms with Crippen molar-refractivity contribution in [1.29, 1.82) is 0 Å². The van der Waals surface area contributed by atoms with Gasteiger partial charge in [0.15, 0.2) is 0 Å². The van der Waals surface area contributed by atoms with E-state index in [-0.39, 0.29) is 6.04 Å². The predicted molar refractivity (Wildman–Crippen MR) is 78.9 cm³/mol. The van der Waals surface area contributed by atoms with Gasteiger partial charge in [0, 0.05) is 17.6 Å². The van der Waals surface area contributed by atoms with E-state index >= 15 is 0 Å². The van der Waals surface area contributed by atoms with Gasteiger partial charge in [-0.25, -0.2) is 0 Å². The van der Waals surface area contributed by atoms with Crippen LogP contribution in [0.3, 0.4) is 0 Å². The van der Waals surface area contributed by atoms with Crippen LogP contribution in [0.2, 0.25) is 0 Å². The van der Waals surface area contributed by atoms with Crippen molar-refractivity contribution in [3.63, 3.8) is 0 Å². The molecule has 1 fully saturated rings. The van der Waals surface area contributed by atoms with Gasteiger partial charge in [0.25, 0.3) is 0 Å². The zero-order valence-corrected chi connectivity index (χ0v) is 11.7. The molecule has 1 aromatic heterocycles. The van der Waals surface area contributed by atoms with Crippen molar-refractivity contribution in [2.45, 2.75) is 31.4 Å². The van der Waals surface area contributed by atoms with Gasteiger partial charge in [0.2, 0.25) is 0 Å². The lowest BCUT2D eigenvalue weighted by Crippen LogP contribution is -2.38. The lowest BCUT2D eigenvalue weighted by atomic mass is 9.93. The molecule has 20 heavy (non-hydrogen) atoms. The summed E-state index contributed by atoms with van der Waals surface area (Å²) in [7, 11) is 1.65. The summed E-state index contributed by atoms with van der Waals surface area (Å²) < 4.78 is 5.28. The monoisotopic (exact) mass is 272 g/mol. The van der Waals surface area contributed by atoms with Crippen LogP contribution in [0.4, 0.5) is 0 Å². The van der Waals surface area contributed by atoms with Crippen LogP contribution in [-0.4, -0.2) is 29.8 Å². The van der Waals surface area contributed by atoms with Gasteiger partial charge in [-0.2, -0.15) is 0 Å². The maximum Gasteiger partial charge on any atom is 0.119 e. The van der Waals surface area contributed by atoms with Crippen LogP contribution in [-0.2, 0) is 0 Å².